The number of likely N-dealkylation sites (tertiary alicyclic amines) is 1. The summed E-state index contributed by atoms with van der Waals surface area (Å²) in [5.41, 5.74) is -0.287. The SMILES string of the molecule is CN1CCC(Sc2ccc3[nH]c(=O)n(C)c(=O)c3c2Cl)CC1. The van der Waals surface area contributed by atoms with Gasteiger partial charge in [-0.05, 0) is 45.1 Å². The largest absolute Gasteiger partial charge is 0.328 e. The number of rotatable bonds is 2. The van der Waals surface area contributed by atoms with Crippen LogP contribution >= 0.6 is 23.4 Å². The van der Waals surface area contributed by atoms with Crippen molar-refractivity contribution in [1.82, 2.24) is 14.5 Å². The van der Waals surface area contributed by atoms with Crippen molar-refractivity contribution in [2.75, 3.05) is 20.1 Å². The number of nitrogens with one attached hydrogen (secondary N) is 1. The monoisotopic (exact) mass is 339 g/mol. The van der Waals surface area contributed by atoms with Crippen LogP contribution in [0.4, 0.5) is 0 Å². The molecular formula is C15H18ClN3O2S. The van der Waals surface area contributed by atoms with Crippen molar-refractivity contribution in [3.05, 3.63) is 38.0 Å². The molecule has 7 heteroatoms. The van der Waals surface area contributed by atoms with E-state index in [4.69, 9.17) is 11.6 Å². The summed E-state index contributed by atoms with van der Waals surface area (Å²) in [6, 6.07) is 3.66. The number of H-pyrrole nitrogens is 1. The molecule has 1 aromatic heterocycles. The standard InChI is InChI=1S/C15H18ClN3O2S/c1-18-7-5-9(6-8-18)22-11-4-3-10-12(13(11)16)14(20)19(2)15(21)17-10/h3-4,9H,5-8H2,1-2H3,(H,17,21). The molecule has 118 valence electrons. The Bertz CT molecular complexity index is 822. The molecule has 1 aliphatic rings. The molecule has 0 unspecified atom stereocenters. The minimum Gasteiger partial charge on any atom is -0.307 e. The first-order chi connectivity index (χ1) is 10.5. The molecule has 0 amide bonds. The average Bonchev–Trinajstić information content (AvgIpc) is 2.50. The van der Waals surface area contributed by atoms with Crippen LogP contribution in [0.2, 0.25) is 5.02 Å². The van der Waals surface area contributed by atoms with Crippen molar-refractivity contribution in [2.24, 2.45) is 7.05 Å². The van der Waals surface area contributed by atoms with Crippen molar-refractivity contribution >= 4 is 34.3 Å². The zero-order valence-corrected chi connectivity index (χ0v) is 14.1. The number of aromatic amines is 1. The summed E-state index contributed by atoms with van der Waals surface area (Å²) in [6.07, 6.45) is 2.22. The van der Waals surface area contributed by atoms with Crippen LogP contribution in [0, 0.1) is 0 Å². The summed E-state index contributed by atoms with van der Waals surface area (Å²) in [5.74, 6) is 0. The van der Waals surface area contributed by atoms with Gasteiger partial charge in [-0.1, -0.05) is 11.6 Å². The fourth-order valence-corrected chi connectivity index (χ4v) is 4.24. The van der Waals surface area contributed by atoms with E-state index >= 15 is 0 Å². The molecule has 0 atom stereocenters. The lowest BCUT2D eigenvalue weighted by molar-refractivity contribution is 0.282. The van der Waals surface area contributed by atoms with Gasteiger partial charge in [-0.2, -0.15) is 0 Å². The minimum absolute atomic E-state index is 0.352. The average molecular weight is 340 g/mol. The molecule has 1 saturated heterocycles. The summed E-state index contributed by atoms with van der Waals surface area (Å²) < 4.78 is 1.05. The number of nitrogens with zero attached hydrogens (tertiary/aromatic N) is 2. The van der Waals surface area contributed by atoms with Crippen LogP contribution < -0.4 is 11.2 Å². The molecule has 1 N–H and O–H groups in total. The number of hydrogen-bond donors (Lipinski definition) is 1. The lowest BCUT2D eigenvalue weighted by Gasteiger charge is -2.28. The van der Waals surface area contributed by atoms with Crippen LogP contribution in [0.15, 0.2) is 26.6 Å². The van der Waals surface area contributed by atoms with E-state index in [9.17, 15) is 9.59 Å². The van der Waals surface area contributed by atoms with Gasteiger partial charge < -0.3 is 9.88 Å². The third kappa shape index (κ3) is 2.83. The second-order valence-corrected chi connectivity index (χ2v) is 7.44. The van der Waals surface area contributed by atoms with E-state index in [-0.39, 0.29) is 5.56 Å². The van der Waals surface area contributed by atoms with Crippen LogP contribution in [0.3, 0.4) is 0 Å². The lowest BCUT2D eigenvalue weighted by Crippen LogP contribution is -2.32. The zero-order chi connectivity index (χ0) is 15.9. The highest BCUT2D eigenvalue weighted by molar-refractivity contribution is 8.00. The molecule has 1 fully saturated rings. The van der Waals surface area contributed by atoms with Crippen LogP contribution in [0.25, 0.3) is 10.9 Å². The lowest BCUT2D eigenvalue weighted by atomic mass is 10.1. The minimum atomic E-state index is -0.427. The van der Waals surface area contributed by atoms with E-state index in [2.05, 4.69) is 16.9 Å². The van der Waals surface area contributed by atoms with E-state index in [0.717, 1.165) is 35.4 Å². The summed E-state index contributed by atoms with van der Waals surface area (Å²) >= 11 is 8.18. The molecule has 0 saturated carbocycles. The molecule has 5 nitrogen and oxygen atoms in total. The number of thioether (sulfide) groups is 1. The van der Waals surface area contributed by atoms with Crippen LogP contribution in [-0.2, 0) is 7.05 Å². The van der Waals surface area contributed by atoms with Crippen molar-refractivity contribution < 1.29 is 0 Å². The Kier molecular flexibility index (Phi) is 4.34. The van der Waals surface area contributed by atoms with Crippen LogP contribution in [-0.4, -0.2) is 39.8 Å². The van der Waals surface area contributed by atoms with E-state index in [1.807, 2.05) is 6.07 Å². The first-order valence-corrected chi connectivity index (χ1v) is 8.50. The molecule has 2 aromatic rings. The zero-order valence-electron chi connectivity index (χ0n) is 12.6. The highest BCUT2D eigenvalue weighted by atomic mass is 35.5. The van der Waals surface area contributed by atoms with E-state index in [0.29, 0.717) is 21.2 Å². The smallest absolute Gasteiger partial charge is 0.307 e. The normalized spacial score (nSPS) is 17.2. The maximum absolute atomic E-state index is 12.3. The second kappa shape index (κ2) is 6.10. The highest BCUT2D eigenvalue weighted by Crippen LogP contribution is 2.36. The molecule has 0 radical (unpaired) electrons. The summed E-state index contributed by atoms with van der Waals surface area (Å²) in [6.45, 7) is 2.16. The van der Waals surface area contributed by atoms with Crippen LogP contribution in [0.5, 0.6) is 0 Å². The van der Waals surface area contributed by atoms with Gasteiger partial charge in [-0.3, -0.25) is 9.36 Å². The predicted molar refractivity (Wildman–Crippen MR) is 91.2 cm³/mol. The van der Waals surface area contributed by atoms with E-state index < -0.39 is 5.69 Å². The number of benzene rings is 1. The Morgan fingerprint density at radius 3 is 2.59 bits per heavy atom. The van der Waals surface area contributed by atoms with Crippen molar-refractivity contribution in [3.8, 4) is 0 Å². The maximum atomic E-state index is 12.3. The highest BCUT2D eigenvalue weighted by Gasteiger charge is 2.20. The summed E-state index contributed by atoms with van der Waals surface area (Å²) in [4.78, 5) is 29.9. The maximum Gasteiger partial charge on any atom is 0.328 e. The van der Waals surface area contributed by atoms with Crippen LogP contribution in [0.1, 0.15) is 12.8 Å². The molecule has 2 heterocycles. The predicted octanol–water partition coefficient (Wildman–Crippen LogP) is 2.07. The van der Waals surface area contributed by atoms with Gasteiger partial charge >= 0.3 is 5.69 Å². The number of halogens is 1. The van der Waals surface area contributed by atoms with Gasteiger partial charge in [0.05, 0.1) is 15.9 Å². The molecule has 22 heavy (non-hydrogen) atoms. The molecule has 0 bridgehead atoms. The summed E-state index contributed by atoms with van der Waals surface area (Å²) in [5, 5.41) is 1.35. The quantitative estimate of drug-likeness (QED) is 0.910. The van der Waals surface area contributed by atoms with Gasteiger partial charge in [0, 0.05) is 17.2 Å². The number of piperidine rings is 1. The Labute approximate surface area is 137 Å². The third-order valence-electron chi connectivity index (χ3n) is 4.13. The molecular weight excluding hydrogens is 322 g/mol. The number of aromatic nitrogens is 2. The van der Waals surface area contributed by atoms with Gasteiger partial charge in [0.25, 0.3) is 5.56 Å². The van der Waals surface area contributed by atoms with Gasteiger partial charge in [-0.15, -0.1) is 11.8 Å². The number of hydrogen-bond acceptors (Lipinski definition) is 4. The topological polar surface area (TPSA) is 58.1 Å². The fourth-order valence-electron chi connectivity index (χ4n) is 2.70. The Balaban J connectivity index is 2.00. The van der Waals surface area contributed by atoms with Gasteiger partial charge in [-0.25, -0.2) is 4.79 Å². The Hall–Kier alpha value is -1.24. The third-order valence-corrected chi connectivity index (χ3v) is 6.03. The van der Waals surface area contributed by atoms with Crippen molar-refractivity contribution in [1.29, 1.82) is 0 Å². The first kappa shape index (κ1) is 15.6. The second-order valence-electron chi connectivity index (χ2n) is 5.72. The molecule has 3 rings (SSSR count). The van der Waals surface area contributed by atoms with Gasteiger partial charge in [0.15, 0.2) is 0 Å². The van der Waals surface area contributed by atoms with Crippen molar-refractivity contribution in [2.45, 2.75) is 23.0 Å². The molecule has 1 aromatic carbocycles. The van der Waals surface area contributed by atoms with Crippen molar-refractivity contribution in [3.63, 3.8) is 0 Å². The fraction of sp³-hybridized carbons (Fsp3) is 0.467. The van der Waals surface area contributed by atoms with E-state index in [1.54, 1.807) is 17.8 Å². The van der Waals surface area contributed by atoms with Gasteiger partial charge in [0.1, 0.15) is 0 Å². The Morgan fingerprint density at radius 2 is 1.91 bits per heavy atom. The van der Waals surface area contributed by atoms with Gasteiger partial charge in [0.2, 0.25) is 0 Å². The summed E-state index contributed by atoms with van der Waals surface area (Å²) in [7, 11) is 3.58. The molecule has 0 aliphatic carbocycles. The van der Waals surface area contributed by atoms with E-state index in [1.165, 1.54) is 7.05 Å². The first-order valence-electron chi connectivity index (χ1n) is 7.24. The number of fused-ring (bicyclic) bond motifs is 1. The Morgan fingerprint density at radius 1 is 1.23 bits per heavy atom. The molecule has 0 spiro atoms. The molecule has 1 aliphatic heterocycles.